The number of anilines is 1. The highest BCUT2D eigenvalue weighted by Crippen LogP contribution is 2.27. The predicted molar refractivity (Wildman–Crippen MR) is 59.1 cm³/mol. The number of thiocarbonyl (C=S) groups is 1. The second-order valence-electron chi connectivity index (χ2n) is 2.63. The molecule has 14 heavy (non-hydrogen) atoms. The van der Waals surface area contributed by atoms with Crippen LogP contribution in [0.4, 0.5) is 5.69 Å². The number of benzene rings is 1. The zero-order chi connectivity index (χ0) is 10.1. The van der Waals surface area contributed by atoms with Gasteiger partial charge in [-0.25, -0.2) is 0 Å². The van der Waals surface area contributed by atoms with Gasteiger partial charge < -0.3 is 0 Å². The summed E-state index contributed by atoms with van der Waals surface area (Å²) in [6.45, 7) is 0. The van der Waals surface area contributed by atoms with Crippen LogP contribution in [0.25, 0.3) is 0 Å². The molecule has 0 aliphatic carbocycles. The Labute approximate surface area is 90.1 Å². The molecule has 1 aromatic rings. The third-order valence-corrected chi connectivity index (χ3v) is 2.90. The van der Waals surface area contributed by atoms with Crippen LogP contribution in [-0.2, 0) is 9.59 Å². The number of amides is 1. The minimum atomic E-state index is -0.564. The summed E-state index contributed by atoms with van der Waals surface area (Å²) in [6, 6.07) is 8.89. The third kappa shape index (κ3) is 1.44. The number of thioether (sulfide) groups is 1. The van der Waals surface area contributed by atoms with Gasteiger partial charge >= 0.3 is 5.91 Å². The molecule has 1 aromatic carbocycles. The number of hydrogen-bond donors (Lipinski definition) is 0. The lowest BCUT2D eigenvalue weighted by atomic mass is 10.3. The van der Waals surface area contributed by atoms with E-state index < -0.39 is 11.0 Å². The average Bonchev–Trinajstić information content (AvgIpc) is 2.43. The summed E-state index contributed by atoms with van der Waals surface area (Å²) in [6.07, 6.45) is 0. The fourth-order valence-electron chi connectivity index (χ4n) is 1.14. The predicted octanol–water partition coefficient (Wildman–Crippen LogP) is 1.58. The maximum absolute atomic E-state index is 11.4. The van der Waals surface area contributed by atoms with Crippen molar-refractivity contribution in [3.05, 3.63) is 30.3 Å². The summed E-state index contributed by atoms with van der Waals surface area (Å²) in [5.41, 5.74) is 0.640. The van der Waals surface area contributed by atoms with Crippen molar-refractivity contribution in [3.63, 3.8) is 0 Å². The molecule has 1 amide bonds. The van der Waals surface area contributed by atoms with Gasteiger partial charge in [0.05, 0.1) is 5.69 Å². The minimum absolute atomic E-state index is 0.297. The number of para-hydroxylation sites is 1. The van der Waals surface area contributed by atoms with E-state index >= 15 is 0 Å². The van der Waals surface area contributed by atoms with Crippen LogP contribution < -0.4 is 4.90 Å². The quantitative estimate of drug-likeness (QED) is 0.535. The van der Waals surface area contributed by atoms with E-state index in [1.807, 2.05) is 6.07 Å². The van der Waals surface area contributed by atoms with Crippen LogP contribution in [0.5, 0.6) is 0 Å². The number of carbonyl (C=O) groups is 2. The second kappa shape index (κ2) is 3.51. The Balaban J connectivity index is 2.41. The van der Waals surface area contributed by atoms with Gasteiger partial charge in [-0.15, -0.1) is 0 Å². The van der Waals surface area contributed by atoms with E-state index in [0.717, 1.165) is 11.8 Å². The highest BCUT2D eigenvalue weighted by molar-refractivity contribution is 8.35. The molecule has 2 rings (SSSR count). The molecule has 0 atom stereocenters. The lowest BCUT2D eigenvalue weighted by Gasteiger charge is -2.12. The van der Waals surface area contributed by atoms with Crippen LogP contribution in [0.15, 0.2) is 30.3 Å². The first-order chi connectivity index (χ1) is 6.70. The molecule has 70 valence electrons. The molecule has 0 unspecified atom stereocenters. The van der Waals surface area contributed by atoms with Gasteiger partial charge in [-0.2, -0.15) is 0 Å². The first-order valence-electron chi connectivity index (χ1n) is 3.85. The van der Waals surface area contributed by atoms with E-state index in [4.69, 9.17) is 12.2 Å². The summed E-state index contributed by atoms with van der Waals surface area (Å²) < 4.78 is 0.297. The maximum atomic E-state index is 11.4. The van der Waals surface area contributed by atoms with E-state index in [1.165, 1.54) is 4.90 Å². The molecule has 1 saturated heterocycles. The SMILES string of the molecule is O=C1SC(=S)N(c2ccccc2)C1=O. The van der Waals surface area contributed by atoms with E-state index in [9.17, 15) is 9.59 Å². The van der Waals surface area contributed by atoms with Gasteiger partial charge in [0.1, 0.15) is 0 Å². The highest BCUT2D eigenvalue weighted by Gasteiger charge is 2.36. The Morgan fingerprint density at radius 1 is 1.14 bits per heavy atom. The first-order valence-corrected chi connectivity index (χ1v) is 5.08. The molecule has 1 fully saturated rings. The zero-order valence-corrected chi connectivity index (χ0v) is 8.60. The standard InChI is InChI=1S/C9H5NO2S2/c11-7-8(12)14-9(13)10(7)6-4-2-1-3-5-6/h1-5H. The summed E-state index contributed by atoms with van der Waals surface area (Å²) in [4.78, 5) is 23.7. The van der Waals surface area contributed by atoms with Gasteiger partial charge in [-0.1, -0.05) is 30.4 Å². The Bertz CT molecular complexity index is 416. The van der Waals surface area contributed by atoms with Crippen LogP contribution in [0.1, 0.15) is 0 Å². The molecular formula is C9H5NO2S2. The molecule has 0 saturated carbocycles. The molecule has 5 heteroatoms. The maximum Gasteiger partial charge on any atom is 0.311 e. The first kappa shape index (κ1) is 9.36. The Kier molecular flexibility index (Phi) is 2.35. The largest absolute Gasteiger partial charge is 0.311 e. The van der Waals surface area contributed by atoms with Gasteiger partial charge in [-0.3, -0.25) is 14.5 Å². The highest BCUT2D eigenvalue weighted by atomic mass is 32.2. The lowest BCUT2D eigenvalue weighted by Crippen LogP contribution is -2.29. The number of nitrogens with zero attached hydrogens (tertiary/aromatic N) is 1. The molecule has 1 heterocycles. The smallest absolute Gasteiger partial charge is 0.275 e. The second-order valence-corrected chi connectivity index (χ2v) is 4.24. The average molecular weight is 223 g/mol. The van der Waals surface area contributed by atoms with Gasteiger partial charge in [0.25, 0.3) is 5.12 Å². The lowest BCUT2D eigenvalue weighted by molar-refractivity contribution is -0.130. The van der Waals surface area contributed by atoms with Crippen LogP contribution >= 0.6 is 24.0 Å². The van der Waals surface area contributed by atoms with Crippen molar-refractivity contribution in [2.75, 3.05) is 4.90 Å². The Morgan fingerprint density at radius 3 is 2.29 bits per heavy atom. The topological polar surface area (TPSA) is 37.4 Å². The van der Waals surface area contributed by atoms with Crippen molar-refractivity contribution in [1.29, 1.82) is 0 Å². The molecule has 0 bridgehead atoms. The fraction of sp³-hybridized carbons (Fsp3) is 0. The van der Waals surface area contributed by atoms with E-state index in [2.05, 4.69) is 0 Å². The fourth-order valence-corrected chi connectivity index (χ4v) is 2.17. The van der Waals surface area contributed by atoms with E-state index in [1.54, 1.807) is 24.3 Å². The molecule has 0 N–H and O–H groups in total. The van der Waals surface area contributed by atoms with Crippen molar-refractivity contribution in [3.8, 4) is 0 Å². The minimum Gasteiger partial charge on any atom is -0.275 e. The zero-order valence-electron chi connectivity index (χ0n) is 6.97. The molecule has 0 aromatic heterocycles. The molecule has 0 radical (unpaired) electrons. The van der Waals surface area contributed by atoms with Crippen molar-refractivity contribution in [2.24, 2.45) is 0 Å². The summed E-state index contributed by atoms with van der Waals surface area (Å²) in [5, 5.41) is -0.515. The van der Waals surface area contributed by atoms with Gasteiger partial charge in [0.2, 0.25) is 0 Å². The van der Waals surface area contributed by atoms with Crippen molar-refractivity contribution in [2.45, 2.75) is 0 Å². The Hall–Kier alpha value is -1.20. The van der Waals surface area contributed by atoms with Gasteiger partial charge in [0, 0.05) is 0 Å². The van der Waals surface area contributed by atoms with Crippen molar-refractivity contribution in [1.82, 2.24) is 0 Å². The number of rotatable bonds is 1. The van der Waals surface area contributed by atoms with Crippen molar-refractivity contribution >= 4 is 45.0 Å². The normalized spacial score (nSPS) is 16.6. The summed E-state index contributed by atoms with van der Waals surface area (Å²) >= 11 is 5.72. The molecule has 3 nitrogen and oxygen atoms in total. The molecular weight excluding hydrogens is 218 g/mol. The van der Waals surface area contributed by atoms with Gasteiger partial charge in [0.15, 0.2) is 4.32 Å². The van der Waals surface area contributed by atoms with Gasteiger partial charge in [-0.05, 0) is 23.9 Å². The molecule has 1 aliphatic heterocycles. The summed E-state index contributed by atoms with van der Waals surface area (Å²) in [5.74, 6) is -0.564. The van der Waals surface area contributed by atoms with Crippen LogP contribution in [-0.4, -0.2) is 15.3 Å². The number of carbonyl (C=O) groups excluding carboxylic acids is 2. The third-order valence-electron chi connectivity index (χ3n) is 1.75. The van der Waals surface area contributed by atoms with E-state index in [0.29, 0.717) is 10.0 Å². The number of hydrogen-bond acceptors (Lipinski definition) is 4. The van der Waals surface area contributed by atoms with E-state index in [-0.39, 0.29) is 0 Å². The summed E-state index contributed by atoms with van der Waals surface area (Å²) in [7, 11) is 0. The molecule has 1 aliphatic rings. The van der Waals surface area contributed by atoms with Crippen LogP contribution in [0, 0.1) is 0 Å². The van der Waals surface area contributed by atoms with Crippen molar-refractivity contribution < 1.29 is 9.59 Å². The Morgan fingerprint density at radius 2 is 1.79 bits per heavy atom. The van der Waals surface area contributed by atoms with Crippen LogP contribution in [0.3, 0.4) is 0 Å². The molecule has 0 spiro atoms. The van der Waals surface area contributed by atoms with Crippen LogP contribution in [0.2, 0.25) is 0 Å². The monoisotopic (exact) mass is 223 g/mol.